The lowest BCUT2D eigenvalue weighted by Gasteiger charge is -2.08. The molecule has 0 amide bonds. The second-order valence-electron chi connectivity index (χ2n) is 5.74. The fourth-order valence-corrected chi connectivity index (χ4v) is 3.73. The molecule has 0 saturated carbocycles. The quantitative estimate of drug-likeness (QED) is 0.714. The summed E-state index contributed by atoms with van der Waals surface area (Å²) in [7, 11) is -3.44. The molecular weight excluding hydrogens is 326 g/mol. The van der Waals surface area contributed by atoms with Crippen LogP contribution in [0.15, 0.2) is 53.3 Å². The van der Waals surface area contributed by atoms with E-state index in [2.05, 4.69) is 9.71 Å². The lowest BCUT2D eigenvalue weighted by Crippen LogP contribution is -2.31. The number of fused-ring (bicyclic) bond motifs is 1. The molecule has 0 fully saturated rings. The maximum Gasteiger partial charge on any atom is 0.326 e. The van der Waals surface area contributed by atoms with Gasteiger partial charge in [-0.1, -0.05) is 42.0 Å². The Hall–Kier alpha value is -2.38. The zero-order valence-electron chi connectivity index (χ0n) is 13.3. The van der Waals surface area contributed by atoms with E-state index in [0.717, 1.165) is 22.2 Å². The van der Waals surface area contributed by atoms with E-state index in [1.165, 1.54) is 4.57 Å². The molecule has 0 unspecified atom stereocenters. The van der Waals surface area contributed by atoms with Crippen molar-refractivity contribution in [2.24, 2.45) is 0 Å². The third kappa shape index (κ3) is 3.74. The van der Waals surface area contributed by atoms with Crippen molar-refractivity contribution in [1.29, 1.82) is 0 Å². The number of nitrogens with zero attached hydrogens (tertiary/aromatic N) is 1. The van der Waals surface area contributed by atoms with Gasteiger partial charge in [0, 0.05) is 13.1 Å². The van der Waals surface area contributed by atoms with E-state index in [0.29, 0.717) is 0 Å². The van der Waals surface area contributed by atoms with Gasteiger partial charge in [-0.05, 0) is 24.6 Å². The number of para-hydroxylation sites is 2. The van der Waals surface area contributed by atoms with Crippen LogP contribution in [0.4, 0.5) is 0 Å². The van der Waals surface area contributed by atoms with Gasteiger partial charge in [0.2, 0.25) is 10.0 Å². The smallest absolute Gasteiger partial charge is 0.306 e. The topological polar surface area (TPSA) is 84.0 Å². The summed E-state index contributed by atoms with van der Waals surface area (Å²) in [6.07, 6.45) is 0. The van der Waals surface area contributed by atoms with E-state index in [4.69, 9.17) is 0 Å². The van der Waals surface area contributed by atoms with Gasteiger partial charge in [0.25, 0.3) is 0 Å². The molecule has 3 aromatic rings. The summed E-state index contributed by atoms with van der Waals surface area (Å²) >= 11 is 0. The zero-order valence-corrected chi connectivity index (χ0v) is 14.1. The second kappa shape index (κ2) is 6.62. The number of aromatic amines is 1. The predicted octanol–water partition coefficient (Wildman–Crippen LogP) is 1.76. The maximum atomic E-state index is 12.2. The van der Waals surface area contributed by atoms with Crippen LogP contribution in [-0.4, -0.2) is 24.5 Å². The van der Waals surface area contributed by atoms with Gasteiger partial charge in [0.05, 0.1) is 16.8 Å². The van der Waals surface area contributed by atoms with Crippen molar-refractivity contribution in [2.75, 3.05) is 6.54 Å². The number of sulfonamides is 1. The number of aryl methyl sites for hydroxylation is 1. The highest BCUT2D eigenvalue weighted by atomic mass is 32.2. The number of aromatic nitrogens is 2. The highest BCUT2D eigenvalue weighted by Crippen LogP contribution is 2.09. The Morgan fingerprint density at radius 3 is 2.54 bits per heavy atom. The summed E-state index contributed by atoms with van der Waals surface area (Å²) in [4.78, 5) is 14.7. The molecule has 0 spiro atoms. The number of hydrogen-bond donors (Lipinski definition) is 2. The molecule has 1 aromatic heterocycles. The summed E-state index contributed by atoms with van der Waals surface area (Å²) in [5.41, 5.74) is 3.08. The van der Waals surface area contributed by atoms with Crippen LogP contribution in [-0.2, 0) is 22.3 Å². The van der Waals surface area contributed by atoms with E-state index in [9.17, 15) is 13.2 Å². The second-order valence-corrected chi connectivity index (χ2v) is 7.54. The molecule has 0 aliphatic heterocycles. The number of nitrogens with one attached hydrogen (secondary N) is 2. The molecule has 7 heteroatoms. The van der Waals surface area contributed by atoms with Gasteiger partial charge in [-0.25, -0.2) is 17.9 Å². The molecule has 2 aromatic carbocycles. The first-order chi connectivity index (χ1) is 11.4. The Labute approximate surface area is 140 Å². The molecular formula is C17H19N3O3S. The summed E-state index contributed by atoms with van der Waals surface area (Å²) in [5, 5.41) is 0. The summed E-state index contributed by atoms with van der Waals surface area (Å²) in [6.45, 7) is 2.39. The lowest BCUT2D eigenvalue weighted by molar-refractivity contribution is 0.571. The fraction of sp³-hybridized carbons (Fsp3) is 0.235. The SMILES string of the molecule is Cc1ccc(CS(=O)(=O)NCCn2c(=O)[nH]c3ccccc32)cc1. The molecule has 126 valence electrons. The molecule has 0 aliphatic carbocycles. The first kappa shape index (κ1) is 16.5. The Morgan fingerprint density at radius 2 is 1.79 bits per heavy atom. The molecule has 24 heavy (non-hydrogen) atoms. The van der Waals surface area contributed by atoms with Crippen LogP contribution in [0.25, 0.3) is 11.0 Å². The van der Waals surface area contributed by atoms with Crippen molar-refractivity contribution in [2.45, 2.75) is 19.2 Å². The molecule has 0 saturated heterocycles. The summed E-state index contributed by atoms with van der Waals surface area (Å²) < 4.78 is 28.4. The third-order valence-corrected chi connectivity index (χ3v) is 5.17. The molecule has 3 rings (SSSR count). The van der Waals surface area contributed by atoms with Gasteiger partial charge in [-0.2, -0.15) is 0 Å². The Bertz CT molecular complexity index is 1000. The third-order valence-electron chi connectivity index (χ3n) is 3.82. The Kier molecular flexibility index (Phi) is 4.55. The van der Waals surface area contributed by atoms with Gasteiger partial charge >= 0.3 is 5.69 Å². The molecule has 0 aliphatic rings. The largest absolute Gasteiger partial charge is 0.326 e. The van der Waals surface area contributed by atoms with E-state index in [1.807, 2.05) is 43.3 Å². The molecule has 0 bridgehead atoms. The minimum atomic E-state index is -3.44. The van der Waals surface area contributed by atoms with Crippen molar-refractivity contribution >= 4 is 21.1 Å². The molecule has 0 atom stereocenters. The number of rotatable bonds is 6. The van der Waals surface area contributed by atoms with E-state index >= 15 is 0 Å². The summed E-state index contributed by atoms with van der Waals surface area (Å²) in [6, 6.07) is 14.7. The van der Waals surface area contributed by atoms with Crippen LogP contribution in [0.5, 0.6) is 0 Å². The number of benzene rings is 2. The van der Waals surface area contributed by atoms with Gasteiger partial charge in [-0.15, -0.1) is 0 Å². The van der Waals surface area contributed by atoms with Crippen LogP contribution in [0, 0.1) is 6.92 Å². The highest BCUT2D eigenvalue weighted by molar-refractivity contribution is 7.88. The van der Waals surface area contributed by atoms with E-state index < -0.39 is 10.0 Å². The van der Waals surface area contributed by atoms with Crippen molar-refractivity contribution in [3.63, 3.8) is 0 Å². The zero-order chi connectivity index (χ0) is 17.2. The van der Waals surface area contributed by atoms with Gasteiger partial charge in [0.15, 0.2) is 0 Å². The van der Waals surface area contributed by atoms with Gasteiger partial charge in [0.1, 0.15) is 0 Å². The van der Waals surface area contributed by atoms with Gasteiger partial charge in [-0.3, -0.25) is 4.57 Å². The first-order valence-electron chi connectivity index (χ1n) is 7.65. The van der Waals surface area contributed by atoms with Crippen LogP contribution in [0.2, 0.25) is 0 Å². The van der Waals surface area contributed by atoms with Crippen LogP contribution >= 0.6 is 0 Å². The maximum absolute atomic E-state index is 12.2. The van der Waals surface area contributed by atoms with Crippen molar-refractivity contribution in [3.05, 3.63) is 70.1 Å². The number of imidazole rings is 1. The molecule has 2 N–H and O–H groups in total. The number of hydrogen-bond acceptors (Lipinski definition) is 3. The Balaban J connectivity index is 1.65. The van der Waals surface area contributed by atoms with Crippen LogP contribution in [0.1, 0.15) is 11.1 Å². The lowest BCUT2D eigenvalue weighted by atomic mass is 10.2. The highest BCUT2D eigenvalue weighted by Gasteiger charge is 2.12. The molecule has 0 radical (unpaired) electrons. The number of H-pyrrole nitrogens is 1. The average molecular weight is 345 g/mol. The van der Waals surface area contributed by atoms with Crippen LogP contribution < -0.4 is 10.4 Å². The molecule has 6 nitrogen and oxygen atoms in total. The standard InChI is InChI=1S/C17H19N3O3S/c1-13-6-8-14(9-7-13)12-24(22,23)18-10-11-20-16-5-3-2-4-15(16)19-17(20)21/h2-9,18H,10-12H2,1H3,(H,19,21). The van der Waals surface area contributed by atoms with Gasteiger partial charge < -0.3 is 4.98 Å². The normalized spacial score (nSPS) is 11.9. The van der Waals surface area contributed by atoms with Crippen molar-refractivity contribution in [1.82, 2.24) is 14.3 Å². The minimum Gasteiger partial charge on any atom is -0.306 e. The fourth-order valence-electron chi connectivity index (χ4n) is 2.60. The van der Waals surface area contributed by atoms with Crippen molar-refractivity contribution in [3.8, 4) is 0 Å². The average Bonchev–Trinajstić information content (AvgIpc) is 2.85. The predicted molar refractivity (Wildman–Crippen MR) is 94.4 cm³/mol. The van der Waals surface area contributed by atoms with Crippen molar-refractivity contribution < 1.29 is 8.42 Å². The van der Waals surface area contributed by atoms with E-state index in [-0.39, 0.29) is 24.5 Å². The summed E-state index contributed by atoms with van der Waals surface area (Å²) in [5.74, 6) is -0.0733. The Morgan fingerprint density at radius 1 is 1.08 bits per heavy atom. The van der Waals surface area contributed by atoms with Crippen LogP contribution in [0.3, 0.4) is 0 Å². The molecule has 1 heterocycles. The van der Waals surface area contributed by atoms with E-state index in [1.54, 1.807) is 12.1 Å². The first-order valence-corrected chi connectivity index (χ1v) is 9.30. The monoisotopic (exact) mass is 345 g/mol. The minimum absolute atomic E-state index is 0.0733.